The molecular weight excluding hydrogens is 392 g/mol. The summed E-state index contributed by atoms with van der Waals surface area (Å²) in [5.41, 5.74) is 9.11. The average molecular weight is 409 g/mol. The number of hydrogen-bond donors (Lipinski definition) is 3. The summed E-state index contributed by atoms with van der Waals surface area (Å²) in [6.07, 6.45) is 3.00. The molecular formula is C20H17ClN6O2. The van der Waals surface area contributed by atoms with Gasteiger partial charge in [-0.1, -0.05) is 17.7 Å². The SMILES string of the molecule is Cc1ccc(-n2ncc3c(NNC(=O)c4cc(Cl)ccc4O)ncnc32)cc1C. The average Bonchev–Trinajstić information content (AvgIpc) is 3.15. The highest BCUT2D eigenvalue weighted by atomic mass is 35.5. The van der Waals surface area contributed by atoms with E-state index in [1.165, 1.54) is 30.1 Å². The lowest BCUT2D eigenvalue weighted by atomic mass is 10.1. The molecule has 0 bridgehead atoms. The highest BCUT2D eigenvalue weighted by molar-refractivity contribution is 6.31. The van der Waals surface area contributed by atoms with Crippen molar-refractivity contribution in [2.24, 2.45) is 0 Å². The Morgan fingerprint density at radius 3 is 2.72 bits per heavy atom. The van der Waals surface area contributed by atoms with Crippen LogP contribution in [-0.2, 0) is 0 Å². The molecule has 0 unspecified atom stereocenters. The number of nitrogens with zero attached hydrogens (tertiary/aromatic N) is 4. The Labute approximate surface area is 171 Å². The van der Waals surface area contributed by atoms with Gasteiger partial charge < -0.3 is 5.11 Å². The van der Waals surface area contributed by atoms with E-state index in [0.717, 1.165) is 11.3 Å². The van der Waals surface area contributed by atoms with E-state index in [-0.39, 0.29) is 11.3 Å². The van der Waals surface area contributed by atoms with Crippen molar-refractivity contribution in [2.45, 2.75) is 13.8 Å². The van der Waals surface area contributed by atoms with E-state index in [1.807, 2.05) is 32.0 Å². The van der Waals surface area contributed by atoms with E-state index in [2.05, 4.69) is 25.9 Å². The van der Waals surface area contributed by atoms with Gasteiger partial charge in [0.25, 0.3) is 5.91 Å². The number of carbonyl (C=O) groups is 1. The van der Waals surface area contributed by atoms with Crippen molar-refractivity contribution in [3.63, 3.8) is 0 Å². The molecule has 0 radical (unpaired) electrons. The second-order valence-electron chi connectivity index (χ2n) is 6.53. The minimum atomic E-state index is -0.557. The van der Waals surface area contributed by atoms with Crippen LogP contribution in [0.15, 0.2) is 48.9 Å². The third-order valence-corrected chi connectivity index (χ3v) is 4.83. The van der Waals surface area contributed by atoms with E-state index in [9.17, 15) is 9.90 Å². The Bertz CT molecular complexity index is 1240. The zero-order valence-corrected chi connectivity index (χ0v) is 16.4. The lowest BCUT2D eigenvalue weighted by Crippen LogP contribution is -2.30. The van der Waals surface area contributed by atoms with Gasteiger partial charge in [0.15, 0.2) is 11.5 Å². The first-order valence-corrected chi connectivity index (χ1v) is 9.13. The molecule has 4 aromatic rings. The van der Waals surface area contributed by atoms with Gasteiger partial charge in [-0.25, -0.2) is 14.6 Å². The van der Waals surface area contributed by atoms with E-state index < -0.39 is 5.91 Å². The summed E-state index contributed by atoms with van der Waals surface area (Å²) in [6.45, 7) is 4.08. The molecule has 4 rings (SSSR count). The number of aromatic nitrogens is 4. The number of nitrogens with one attached hydrogen (secondary N) is 2. The van der Waals surface area contributed by atoms with Crippen LogP contribution in [0.3, 0.4) is 0 Å². The fourth-order valence-corrected chi connectivity index (χ4v) is 3.04. The van der Waals surface area contributed by atoms with Crippen molar-refractivity contribution >= 4 is 34.4 Å². The Hall–Kier alpha value is -3.65. The number of amides is 1. The second-order valence-corrected chi connectivity index (χ2v) is 6.96. The van der Waals surface area contributed by atoms with E-state index in [0.29, 0.717) is 21.9 Å². The quantitative estimate of drug-likeness (QED) is 0.446. The number of rotatable bonds is 4. The third-order valence-electron chi connectivity index (χ3n) is 4.60. The topological polar surface area (TPSA) is 105 Å². The van der Waals surface area contributed by atoms with Crippen LogP contribution in [0, 0.1) is 13.8 Å². The molecule has 0 aliphatic rings. The second kappa shape index (κ2) is 7.40. The molecule has 0 aliphatic heterocycles. The molecule has 0 saturated carbocycles. The summed E-state index contributed by atoms with van der Waals surface area (Å²) in [4.78, 5) is 20.9. The monoisotopic (exact) mass is 408 g/mol. The van der Waals surface area contributed by atoms with Crippen LogP contribution < -0.4 is 10.9 Å². The number of benzene rings is 2. The first-order chi connectivity index (χ1) is 13.9. The van der Waals surface area contributed by atoms with Crippen LogP contribution in [-0.4, -0.2) is 30.8 Å². The summed E-state index contributed by atoms with van der Waals surface area (Å²) >= 11 is 5.89. The molecule has 1 amide bonds. The maximum atomic E-state index is 12.4. The first-order valence-electron chi connectivity index (χ1n) is 8.75. The van der Waals surface area contributed by atoms with Gasteiger partial charge in [-0.3, -0.25) is 15.6 Å². The maximum absolute atomic E-state index is 12.4. The smallest absolute Gasteiger partial charge is 0.273 e. The Balaban J connectivity index is 1.62. The van der Waals surface area contributed by atoms with Gasteiger partial charge in [0.1, 0.15) is 12.1 Å². The van der Waals surface area contributed by atoms with Crippen LogP contribution in [0.4, 0.5) is 5.82 Å². The van der Waals surface area contributed by atoms with E-state index in [1.54, 1.807) is 10.9 Å². The standard InChI is InChI=1S/C20H17ClN6O2/c1-11-3-5-14(7-12(11)2)27-19-16(9-24-27)18(22-10-23-19)25-26-20(29)15-8-13(21)4-6-17(15)28/h3-10,28H,1-2H3,(H,26,29)(H,22,23,25). The molecule has 0 spiro atoms. The van der Waals surface area contributed by atoms with Crippen LogP contribution in [0.2, 0.25) is 5.02 Å². The highest BCUT2D eigenvalue weighted by Gasteiger charge is 2.15. The normalized spacial score (nSPS) is 10.9. The number of halogens is 1. The first kappa shape index (κ1) is 18.7. The van der Waals surface area contributed by atoms with Crippen molar-refractivity contribution in [1.29, 1.82) is 0 Å². The number of phenols is 1. The van der Waals surface area contributed by atoms with Gasteiger partial charge in [-0.05, 0) is 55.3 Å². The van der Waals surface area contributed by atoms with E-state index >= 15 is 0 Å². The van der Waals surface area contributed by atoms with Gasteiger partial charge >= 0.3 is 0 Å². The Kier molecular flexibility index (Phi) is 4.77. The molecule has 146 valence electrons. The number of hydrazine groups is 1. The van der Waals surface area contributed by atoms with Crippen molar-refractivity contribution in [3.05, 3.63) is 70.6 Å². The molecule has 2 aromatic carbocycles. The molecule has 2 aromatic heterocycles. The minimum Gasteiger partial charge on any atom is -0.507 e. The molecule has 0 aliphatic carbocycles. The van der Waals surface area contributed by atoms with Gasteiger partial charge in [0.05, 0.1) is 22.8 Å². The summed E-state index contributed by atoms with van der Waals surface area (Å²) in [5.74, 6) is -0.359. The van der Waals surface area contributed by atoms with Gasteiger partial charge in [0.2, 0.25) is 0 Å². The van der Waals surface area contributed by atoms with Crippen molar-refractivity contribution in [1.82, 2.24) is 25.2 Å². The third kappa shape index (κ3) is 3.57. The number of anilines is 1. The van der Waals surface area contributed by atoms with Gasteiger partial charge in [-0.2, -0.15) is 5.10 Å². The lowest BCUT2D eigenvalue weighted by Gasteiger charge is -2.10. The minimum absolute atomic E-state index is 0.0427. The molecule has 9 heteroatoms. The summed E-state index contributed by atoms with van der Waals surface area (Å²) in [5, 5.41) is 15.2. The molecule has 8 nitrogen and oxygen atoms in total. The van der Waals surface area contributed by atoms with Crippen LogP contribution in [0.1, 0.15) is 21.5 Å². The molecule has 3 N–H and O–H groups in total. The predicted octanol–water partition coefficient (Wildman–Crippen LogP) is 3.55. The van der Waals surface area contributed by atoms with E-state index in [4.69, 9.17) is 11.6 Å². The zero-order valence-electron chi connectivity index (χ0n) is 15.6. The van der Waals surface area contributed by atoms with Crippen molar-refractivity contribution in [2.75, 3.05) is 5.43 Å². The Morgan fingerprint density at radius 1 is 1.10 bits per heavy atom. The number of fused-ring (bicyclic) bond motifs is 1. The van der Waals surface area contributed by atoms with Crippen LogP contribution in [0.5, 0.6) is 5.75 Å². The highest BCUT2D eigenvalue weighted by Crippen LogP contribution is 2.23. The van der Waals surface area contributed by atoms with Crippen molar-refractivity contribution < 1.29 is 9.90 Å². The summed E-state index contributed by atoms with van der Waals surface area (Å²) < 4.78 is 1.71. The fourth-order valence-electron chi connectivity index (χ4n) is 2.86. The summed E-state index contributed by atoms with van der Waals surface area (Å²) in [6, 6.07) is 10.2. The number of aryl methyl sites for hydroxylation is 2. The van der Waals surface area contributed by atoms with Crippen molar-refractivity contribution in [3.8, 4) is 11.4 Å². The predicted molar refractivity (Wildman–Crippen MR) is 110 cm³/mol. The largest absolute Gasteiger partial charge is 0.507 e. The number of hydrogen-bond acceptors (Lipinski definition) is 6. The molecule has 2 heterocycles. The molecule has 0 atom stereocenters. The fraction of sp³-hybridized carbons (Fsp3) is 0.100. The zero-order chi connectivity index (χ0) is 20.5. The number of phenolic OH excluding ortho intramolecular Hbond substituents is 1. The lowest BCUT2D eigenvalue weighted by molar-refractivity contribution is 0.0960. The van der Waals surface area contributed by atoms with Crippen LogP contribution >= 0.6 is 11.6 Å². The number of aromatic hydroxyl groups is 1. The Morgan fingerprint density at radius 2 is 1.93 bits per heavy atom. The summed E-state index contributed by atoms with van der Waals surface area (Å²) in [7, 11) is 0. The molecule has 29 heavy (non-hydrogen) atoms. The van der Waals surface area contributed by atoms with Gasteiger partial charge in [-0.15, -0.1) is 0 Å². The van der Waals surface area contributed by atoms with Crippen LogP contribution in [0.25, 0.3) is 16.7 Å². The maximum Gasteiger partial charge on any atom is 0.273 e. The molecule has 0 saturated heterocycles. The molecule has 0 fully saturated rings. The van der Waals surface area contributed by atoms with Gasteiger partial charge in [0, 0.05) is 5.02 Å². The number of carbonyl (C=O) groups excluding carboxylic acids is 1.